The number of phosphoric ester groups is 1. The Kier molecular flexibility index (Phi) is 4.41. The number of ether oxygens (including phenoxy) is 1. The fourth-order valence-corrected chi connectivity index (χ4v) is 1.58. The first kappa shape index (κ1) is 14.0. The monoisotopic (exact) mass is 260 g/mol. The van der Waals surface area contributed by atoms with Crippen molar-refractivity contribution < 1.29 is 44.0 Å². The molecule has 1 aliphatic heterocycles. The first-order valence-corrected chi connectivity index (χ1v) is 5.83. The normalized spacial score (nSPS) is 41.0. The second kappa shape index (κ2) is 5.05. The zero-order valence-electron chi connectivity index (χ0n) is 7.95. The maximum atomic E-state index is 10.4. The predicted molar refractivity (Wildman–Crippen MR) is 46.9 cm³/mol. The van der Waals surface area contributed by atoms with Crippen LogP contribution < -0.4 is 0 Å². The maximum absolute atomic E-state index is 10.4. The van der Waals surface area contributed by atoms with Gasteiger partial charge in [-0.3, -0.25) is 4.52 Å². The number of rotatable bonds is 3. The molecule has 96 valence electrons. The third-order valence-electron chi connectivity index (χ3n) is 2.09. The molecule has 1 aliphatic rings. The van der Waals surface area contributed by atoms with Gasteiger partial charge in [-0.1, -0.05) is 0 Å². The molecule has 0 unspecified atom stereocenters. The largest absolute Gasteiger partial charge is 0.469 e. The van der Waals surface area contributed by atoms with Crippen molar-refractivity contribution in [2.24, 2.45) is 0 Å². The summed E-state index contributed by atoms with van der Waals surface area (Å²) in [6.45, 7) is -0.730. The molecule has 5 atom stereocenters. The summed E-state index contributed by atoms with van der Waals surface area (Å²) in [6, 6.07) is 0. The zero-order chi connectivity index (χ0) is 12.5. The van der Waals surface area contributed by atoms with Gasteiger partial charge in [-0.15, -0.1) is 0 Å². The first-order valence-electron chi connectivity index (χ1n) is 4.30. The van der Waals surface area contributed by atoms with E-state index in [1.54, 1.807) is 0 Å². The first-order chi connectivity index (χ1) is 7.22. The van der Waals surface area contributed by atoms with Crippen LogP contribution in [0.25, 0.3) is 0 Å². The van der Waals surface area contributed by atoms with Crippen LogP contribution in [0, 0.1) is 0 Å². The van der Waals surface area contributed by atoms with Crippen molar-refractivity contribution in [1.29, 1.82) is 0 Å². The molecule has 1 fully saturated rings. The maximum Gasteiger partial charge on any atom is 0.469 e. The fourth-order valence-electron chi connectivity index (χ4n) is 1.24. The molecule has 0 aromatic carbocycles. The van der Waals surface area contributed by atoms with Gasteiger partial charge in [0.2, 0.25) is 0 Å². The van der Waals surface area contributed by atoms with E-state index >= 15 is 0 Å². The van der Waals surface area contributed by atoms with Crippen LogP contribution in [0.2, 0.25) is 0 Å². The van der Waals surface area contributed by atoms with Gasteiger partial charge in [-0.2, -0.15) is 0 Å². The molecule has 0 aromatic heterocycles. The van der Waals surface area contributed by atoms with Gasteiger partial charge in [0.15, 0.2) is 6.29 Å². The van der Waals surface area contributed by atoms with Crippen LogP contribution in [0.3, 0.4) is 0 Å². The standard InChI is InChI=1S/C6H13O9P/c7-3-2(1-14-16(11,12)13)15-6(10)5(9)4(3)8/h2-10H,1H2,(H2,11,12,13)/t2-,3-,4-,5+,6+/m1/s1. The van der Waals surface area contributed by atoms with E-state index in [1.807, 2.05) is 0 Å². The van der Waals surface area contributed by atoms with Crippen molar-refractivity contribution in [2.45, 2.75) is 30.7 Å². The summed E-state index contributed by atoms with van der Waals surface area (Å²) >= 11 is 0. The molecule has 16 heavy (non-hydrogen) atoms. The summed E-state index contributed by atoms with van der Waals surface area (Å²) in [7, 11) is -4.73. The van der Waals surface area contributed by atoms with Crippen molar-refractivity contribution >= 4 is 7.82 Å². The average Bonchev–Trinajstić information content (AvgIpc) is 2.17. The molecule has 1 heterocycles. The Morgan fingerprint density at radius 2 is 1.62 bits per heavy atom. The van der Waals surface area contributed by atoms with E-state index < -0.39 is 45.1 Å². The lowest BCUT2D eigenvalue weighted by atomic mass is 10.00. The molecule has 0 saturated carbocycles. The quantitative estimate of drug-likeness (QED) is 0.289. The van der Waals surface area contributed by atoms with Gasteiger partial charge in [0.1, 0.15) is 24.4 Å². The van der Waals surface area contributed by atoms with Crippen LogP contribution in [0.15, 0.2) is 0 Å². The lowest BCUT2D eigenvalue weighted by Gasteiger charge is -2.38. The summed E-state index contributed by atoms with van der Waals surface area (Å²) in [5.74, 6) is 0. The van der Waals surface area contributed by atoms with E-state index in [-0.39, 0.29) is 0 Å². The van der Waals surface area contributed by atoms with E-state index in [4.69, 9.17) is 20.0 Å². The molecule has 0 amide bonds. The summed E-state index contributed by atoms with van der Waals surface area (Å²) < 4.78 is 19.0. The van der Waals surface area contributed by atoms with Crippen LogP contribution in [0.4, 0.5) is 0 Å². The molecular formula is C6H13O9P. The molecule has 1 saturated heterocycles. The molecular weight excluding hydrogens is 247 g/mol. The minimum absolute atomic E-state index is 0.730. The Hall–Kier alpha value is -0.0900. The highest BCUT2D eigenvalue weighted by Crippen LogP contribution is 2.36. The van der Waals surface area contributed by atoms with Crippen LogP contribution in [-0.4, -0.2) is 67.5 Å². The smallest absolute Gasteiger partial charge is 0.387 e. The van der Waals surface area contributed by atoms with Gasteiger partial charge in [-0.25, -0.2) is 4.57 Å². The van der Waals surface area contributed by atoms with E-state index in [0.717, 1.165) is 0 Å². The van der Waals surface area contributed by atoms with Crippen molar-refractivity contribution in [3.05, 3.63) is 0 Å². The fraction of sp³-hybridized carbons (Fsp3) is 1.00. The molecule has 0 aromatic rings. The van der Waals surface area contributed by atoms with Gasteiger partial charge in [0, 0.05) is 0 Å². The van der Waals surface area contributed by atoms with Crippen molar-refractivity contribution in [3.63, 3.8) is 0 Å². The third kappa shape index (κ3) is 3.45. The molecule has 10 heteroatoms. The summed E-state index contributed by atoms with van der Waals surface area (Å²) in [6.07, 6.45) is -8.11. The lowest BCUT2D eigenvalue weighted by Crippen LogP contribution is -2.58. The molecule has 0 bridgehead atoms. The molecule has 6 N–H and O–H groups in total. The minimum Gasteiger partial charge on any atom is -0.387 e. The van der Waals surface area contributed by atoms with E-state index in [1.165, 1.54) is 0 Å². The number of hydrogen-bond donors (Lipinski definition) is 6. The predicted octanol–water partition coefficient (Wildman–Crippen LogP) is -3.10. The summed E-state index contributed by atoms with van der Waals surface area (Å²) in [5, 5.41) is 36.7. The van der Waals surface area contributed by atoms with Crippen molar-refractivity contribution in [3.8, 4) is 0 Å². The zero-order valence-corrected chi connectivity index (χ0v) is 8.84. The number of aliphatic hydroxyl groups is 4. The van der Waals surface area contributed by atoms with Crippen LogP contribution in [0.5, 0.6) is 0 Å². The Bertz CT molecular complexity index is 277. The van der Waals surface area contributed by atoms with Crippen LogP contribution in [-0.2, 0) is 13.8 Å². The summed E-state index contributed by atoms with van der Waals surface area (Å²) in [5.41, 5.74) is 0. The van der Waals surface area contributed by atoms with Gasteiger partial charge >= 0.3 is 7.82 Å². The second-order valence-corrected chi connectivity index (χ2v) is 4.56. The van der Waals surface area contributed by atoms with Crippen LogP contribution in [0.1, 0.15) is 0 Å². The highest BCUT2D eigenvalue weighted by atomic mass is 31.2. The molecule has 0 spiro atoms. The molecule has 9 nitrogen and oxygen atoms in total. The Morgan fingerprint density at radius 3 is 2.12 bits per heavy atom. The second-order valence-electron chi connectivity index (χ2n) is 3.32. The number of phosphoric acid groups is 1. The van der Waals surface area contributed by atoms with Gasteiger partial charge in [0.25, 0.3) is 0 Å². The molecule has 0 aliphatic carbocycles. The van der Waals surface area contributed by atoms with E-state index in [2.05, 4.69) is 9.26 Å². The number of aliphatic hydroxyl groups excluding tert-OH is 4. The lowest BCUT2D eigenvalue weighted by molar-refractivity contribution is -0.285. The Morgan fingerprint density at radius 1 is 1.06 bits per heavy atom. The van der Waals surface area contributed by atoms with Crippen molar-refractivity contribution in [2.75, 3.05) is 6.61 Å². The van der Waals surface area contributed by atoms with E-state index in [9.17, 15) is 14.8 Å². The summed E-state index contributed by atoms with van der Waals surface area (Å²) in [4.78, 5) is 16.8. The van der Waals surface area contributed by atoms with Gasteiger partial charge in [-0.05, 0) is 0 Å². The van der Waals surface area contributed by atoms with Gasteiger partial charge in [0.05, 0.1) is 6.61 Å². The SMILES string of the molecule is O=P(O)(O)OC[C@H]1O[C@H](O)[C@@H](O)[C@H](O)[C@@H]1O. The molecule has 1 rings (SSSR count). The Balaban J connectivity index is 2.57. The van der Waals surface area contributed by atoms with Crippen molar-refractivity contribution in [1.82, 2.24) is 0 Å². The number of hydrogen-bond acceptors (Lipinski definition) is 7. The average molecular weight is 260 g/mol. The molecule has 0 radical (unpaired) electrons. The topological polar surface area (TPSA) is 157 Å². The third-order valence-corrected chi connectivity index (χ3v) is 2.58. The van der Waals surface area contributed by atoms with Gasteiger partial charge < -0.3 is 34.9 Å². The highest BCUT2D eigenvalue weighted by Gasteiger charge is 2.43. The van der Waals surface area contributed by atoms with E-state index in [0.29, 0.717) is 0 Å². The Labute approximate surface area is 90.1 Å². The minimum atomic E-state index is -4.73. The highest BCUT2D eigenvalue weighted by molar-refractivity contribution is 7.46. The van der Waals surface area contributed by atoms with Crippen LogP contribution >= 0.6 is 7.82 Å².